The van der Waals surface area contributed by atoms with Crippen molar-refractivity contribution in [3.8, 4) is 0 Å². The molecule has 0 heterocycles. The second-order valence-electron chi connectivity index (χ2n) is 3.77. The molecule has 0 aromatic heterocycles. The van der Waals surface area contributed by atoms with Gasteiger partial charge in [0.1, 0.15) is 0 Å². The van der Waals surface area contributed by atoms with Gasteiger partial charge in [-0.25, -0.2) is 0 Å². The summed E-state index contributed by atoms with van der Waals surface area (Å²) in [4.78, 5) is 11.7. The Labute approximate surface area is 115 Å². The number of aliphatic hydroxyl groups is 1. The van der Waals surface area contributed by atoms with Gasteiger partial charge in [0.2, 0.25) is 5.91 Å². The second-order valence-corrected chi connectivity index (χ2v) is 5.02. The third kappa shape index (κ3) is 5.32. The van der Waals surface area contributed by atoms with Gasteiger partial charge in [0, 0.05) is 3.57 Å². The molecule has 0 bridgehead atoms. The summed E-state index contributed by atoms with van der Waals surface area (Å²) in [7, 11) is 0. The summed E-state index contributed by atoms with van der Waals surface area (Å²) >= 11 is 2.22. The van der Waals surface area contributed by atoms with E-state index in [0.29, 0.717) is 12.8 Å². The molecule has 92 valence electrons. The molecule has 1 aromatic rings. The van der Waals surface area contributed by atoms with E-state index in [1.807, 2.05) is 24.3 Å². The van der Waals surface area contributed by atoms with Crippen molar-refractivity contribution in [2.75, 3.05) is 6.61 Å². The minimum absolute atomic E-state index is 0.0650. The lowest BCUT2D eigenvalue weighted by Crippen LogP contribution is -2.37. The maximum absolute atomic E-state index is 11.7. The number of carbonyl (C=O) groups is 1. The van der Waals surface area contributed by atoms with Gasteiger partial charge in [0.25, 0.3) is 0 Å². The van der Waals surface area contributed by atoms with Crippen molar-refractivity contribution < 1.29 is 9.90 Å². The van der Waals surface area contributed by atoms with Crippen LogP contribution in [0.15, 0.2) is 36.9 Å². The lowest BCUT2D eigenvalue weighted by atomic mass is 10.1. The van der Waals surface area contributed by atoms with E-state index in [0.717, 1.165) is 9.13 Å². The minimum Gasteiger partial charge on any atom is -0.394 e. The number of hydrogen-bond acceptors (Lipinski definition) is 2. The van der Waals surface area contributed by atoms with Gasteiger partial charge in [-0.15, -0.1) is 6.58 Å². The summed E-state index contributed by atoms with van der Waals surface area (Å²) < 4.78 is 1.15. The third-order valence-corrected chi connectivity index (χ3v) is 3.03. The molecule has 0 aliphatic carbocycles. The molecule has 0 spiro atoms. The third-order valence-electron chi connectivity index (χ3n) is 2.31. The first-order chi connectivity index (χ1) is 8.15. The molecule has 1 aromatic carbocycles. The lowest BCUT2D eigenvalue weighted by Gasteiger charge is -2.14. The zero-order valence-electron chi connectivity index (χ0n) is 9.53. The number of carbonyl (C=O) groups excluding carboxylic acids is 1. The van der Waals surface area contributed by atoms with E-state index in [9.17, 15) is 4.79 Å². The number of rotatable bonds is 6. The smallest absolute Gasteiger partial charge is 0.224 e. The SMILES string of the molecule is C=CC[C@H](CO)NC(=O)Cc1ccc(I)cc1. The maximum atomic E-state index is 11.7. The average Bonchev–Trinajstić information content (AvgIpc) is 2.31. The molecule has 2 N–H and O–H groups in total. The van der Waals surface area contributed by atoms with Crippen molar-refractivity contribution in [3.05, 3.63) is 46.1 Å². The van der Waals surface area contributed by atoms with E-state index >= 15 is 0 Å². The molecule has 0 unspecified atom stereocenters. The molecule has 0 aliphatic rings. The van der Waals surface area contributed by atoms with Crippen LogP contribution in [0.5, 0.6) is 0 Å². The quantitative estimate of drug-likeness (QED) is 0.611. The van der Waals surface area contributed by atoms with Crippen LogP contribution in [0.3, 0.4) is 0 Å². The highest BCUT2D eigenvalue weighted by Crippen LogP contribution is 2.07. The molecular formula is C13H16INO2. The summed E-state index contributed by atoms with van der Waals surface area (Å²) in [5.41, 5.74) is 0.971. The van der Waals surface area contributed by atoms with E-state index in [1.165, 1.54) is 0 Å². The zero-order chi connectivity index (χ0) is 12.7. The summed E-state index contributed by atoms with van der Waals surface area (Å²) in [6.07, 6.45) is 2.60. The number of halogens is 1. The second kappa shape index (κ2) is 7.45. The topological polar surface area (TPSA) is 49.3 Å². The van der Waals surface area contributed by atoms with Gasteiger partial charge in [-0.1, -0.05) is 18.2 Å². The van der Waals surface area contributed by atoms with Crippen LogP contribution in [0.2, 0.25) is 0 Å². The number of benzene rings is 1. The molecule has 0 radical (unpaired) electrons. The predicted octanol–water partition coefficient (Wildman–Crippen LogP) is 1.89. The first-order valence-electron chi connectivity index (χ1n) is 5.41. The maximum Gasteiger partial charge on any atom is 0.224 e. The molecule has 0 fully saturated rings. The van der Waals surface area contributed by atoms with Crippen molar-refractivity contribution in [2.45, 2.75) is 18.9 Å². The van der Waals surface area contributed by atoms with Crippen LogP contribution in [-0.2, 0) is 11.2 Å². The fourth-order valence-corrected chi connectivity index (χ4v) is 1.81. The number of aliphatic hydroxyl groups excluding tert-OH is 1. The van der Waals surface area contributed by atoms with Crippen molar-refractivity contribution >= 4 is 28.5 Å². The van der Waals surface area contributed by atoms with Crippen LogP contribution in [0.1, 0.15) is 12.0 Å². The fourth-order valence-electron chi connectivity index (χ4n) is 1.45. The first kappa shape index (κ1) is 14.2. The van der Waals surface area contributed by atoms with E-state index in [4.69, 9.17) is 5.11 Å². The van der Waals surface area contributed by atoms with E-state index in [2.05, 4.69) is 34.5 Å². The van der Waals surface area contributed by atoms with Gasteiger partial charge in [-0.2, -0.15) is 0 Å². The number of nitrogens with one attached hydrogen (secondary N) is 1. The van der Waals surface area contributed by atoms with Gasteiger partial charge < -0.3 is 10.4 Å². The molecule has 1 amide bonds. The van der Waals surface area contributed by atoms with Crippen LogP contribution < -0.4 is 5.32 Å². The summed E-state index contributed by atoms with van der Waals surface area (Å²) in [5, 5.41) is 11.8. The molecule has 4 heteroatoms. The fraction of sp³-hybridized carbons (Fsp3) is 0.308. The Morgan fingerprint density at radius 2 is 2.12 bits per heavy atom. The predicted molar refractivity (Wildman–Crippen MR) is 76.7 cm³/mol. The average molecular weight is 345 g/mol. The van der Waals surface area contributed by atoms with E-state index in [1.54, 1.807) is 6.08 Å². The minimum atomic E-state index is -0.233. The normalized spacial score (nSPS) is 11.9. The highest BCUT2D eigenvalue weighted by molar-refractivity contribution is 14.1. The largest absolute Gasteiger partial charge is 0.394 e. The van der Waals surface area contributed by atoms with Gasteiger partial charge in [0.15, 0.2) is 0 Å². The van der Waals surface area contributed by atoms with Gasteiger partial charge in [-0.05, 0) is 46.7 Å². The van der Waals surface area contributed by atoms with Gasteiger partial charge in [-0.3, -0.25) is 4.79 Å². The Bertz CT molecular complexity index is 376. The summed E-state index contributed by atoms with van der Waals surface area (Å²) in [6.45, 7) is 3.52. The van der Waals surface area contributed by atoms with E-state index in [-0.39, 0.29) is 18.6 Å². The molecule has 17 heavy (non-hydrogen) atoms. The highest BCUT2D eigenvalue weighted by Gasteiger charge is 2.09. The Morgan fingerprint density at radius 1 is 1.47 bits per heavy atom. The Kier molecular flexibility index (Phi) is 6.21. The molecule has 3 nitrogen and oxygen atoms in total. The number of amides is 1. The Hall–Kier alpha value is -0.880. The van der Waals surface area contributed by atoms with Crippen LogP contribution >= 0.6 is 22.6 Å². The monoisotopic (exact) mass is 345 g/mol. The molecule has 0 aliphatic heterocycles. The van der Waals surface area contributed by atoms with Crippen molar-refractivity contribution in [1.82, 2.24) is 5.32 Å². The van der Waals surface area contributed by atoms with Gasteiger partial charge in [0.05, 0.1) is 19.1 Å². The summed E-state index contributed by atoms with van der Waals surface area (Å²) in [5.74, 6) is -0.0768. The summed E-state index contributed by atoms with van der Waals surface area (Å²) in [6, 6.07) is 7.57. The van der Waals surface area contributed by atoms with Crippen molar-refractivity contribution in [2.24, 2.45) is 0 Å². The van der Waals surface area contributed by atoms with Crippen molar-refractivity contribution in [3.63, 3.8) is 0 Å². The molecule has 1 rings (SSSR count). The van der Waals surface area contributed by atoms with E-state index < -0.39 is 0 Å². The van der Waals surface area contributed by atoms with Crippen LogP contribution in [-0.4, -0.2) is 23.7 Å². The molecular weight excluding hydrogens is 329 g/mol. The molecule has 1 atom stereocenters. The standard InChI is InChI=1S/C13H16INO2/c1-2-3-12(9-16)15-13(17)8-10-4-6-11(14)7-5-10/h2,4-7,12,16H,1,3,8-9H2,(H,15,17)/t12-/m1/s1. The molecule has 0 saturated heterocycles. The Morgan fingerprint density at radius 3 is 2.65 bits per heavy atom. The lowest BCUT2D eigenvalue weighted by molar-refractivity contribution is -0.121. The van der Waals surface area contributed by atoms with Crippen molar-refractivity contribution in [1.29, 1.82) is 0 Å². The molecule has 0 saturated carbocycles. The van der Waals surface area contributed by atoms with Crippen LogP contribution in [0.25, 0.3) is 0 Å². The first-order valence-corrected chi connectivity index (χ1v) is 6.49. The van der Waals surface area contributed by atoms with Gasteiger partial charge >= 0.3 is 0 Å². The number of hydrogen-bond donors (Lipinski definition) is 2. The van der Waals surface area contributed by atoms with Crippen LogP contribution in [0.4, 0.5) is 0 Å². The Balaban J connectivity index is 2.48. The highest BCUT2D eigenvalue weighted by atomic mass is 127. The van der Waals surface area contributed by atoms with Crippen LogP contribution in [0, 0.1) is 3.57 Å². The zero-order valence-corrected chi connectivity index (χ0v) is 11.7.